The third-order valence-electron chi connectivity index (χ3n) is 2.74. The Labute approximate surface area is 103 Å². The van der Waals surface area contributed by atoms with E-state index in [0.29, 0.717) is 6.54 Å². The number of rotatable bonds is 4. The van der Waals surface area contributed by atoms with Gasteiger partial charge >= 0.3 is 0 Å². The molecule has 0 heterocycles. The second-order valence-corrected chi connectivity index (χ2v) is 4.15. The van der Waals surface area contributed by atoms with Gasteiger partial charge in [0.05, 0.1) is 13.2 Å². The Kier molecular flexibility index (Phi) is 5.71. The zero-order valence-corrected chi connectivity index (χ0v) is 10.5. The van der Waals surface area contributed by atoms with Crippen LogP contribution in [0.15, 0.2) is 24.3 Å². The van der Waals surface area contributed by atoms with Crippen LogP contribution in [0.3, 0.4) is 0 Å². The number of hydrogen-bond donors (Lipinski definition) is 2. The number of likely N-dealkylation sites (N-methyl/N-ethyl adjacent to an activating group) is 1. The van der Waals surface area contributed by atoms with E-state index in [2.05, 4.69) is 28.9 Å². The molecule has 0 aliphatic carbocycles. The van der Waals surface area contributed by atoms with Crippen molar-refractivity contribution < 1.29 is 5.11 Å². The van der Waals surface area contributed by atoms with Crippen molar-refractivity contribution in [1.29, 1.82) is 0 Å². The largest absolute Gasteiger partial charge is 0.395 e. The average molecular weight is 232 g/mol. The van der Waals surface area contributed by atoms with Crippen molar-refractivity contribution in [3.05, 3.63) is 35.4 Å². The summed E-state index contributed by atoms with van der Waals surface area (Å²) in [6.07, 6.45) is 0. The van der Waals surface area contributed by atoms with Crippen LogP contribution in [-0.2, 0) is 6.54 Å². The molecule has 1 unspecified atom stereocenters. The molecular weight excluding hydrogens is 212 g/mol. The van der Waals surface area contributed by atoms with Gasteiger partial charge in [0, 0.05) is 18.2 Å². The molecule has 1 rings (SSSR count). The van der Waals surface area contributed by atoms with Crippen LogP contribution in [-0.4, -0.2) is 36.2 Å². The third-order valence-corrected chi connectivity index (χ3v) is 2.74. The maximum absolute atomic E-state index is 9.05. The second kappa shape index (κ2) is 7.08. The summed E-state index contributed by atoms with van der Waals surface area (Å²) in [5, 5.41) is 9.05. The van der Waals surface area contributed by atoms with Crippen LogP contribution in [0.4, 0.5) is 0 Å². The van der Waals surface area contributed by atoms with E-state index in [4.69, 9.17) is 10.8 Å². The predicted molar refractivity (Wildman–Crippen MR) is 70.4 cm³/mol. The van der Waals surface area contributed by atoms with E-state index in [0.717, 1.165) is 12.1 Å². The lowest BCUT2D eigenvalue weighted by molar-refractivity contribution is 0.154. The molecule has 0 aliphatic heterocycles. The molecule has 17 heavy (non-hydrogen) atoms. The number of benzene rings is 1. The highest BCUT2D eigenvalue weighted by Crippen LogP contribution is 2.07. The zero-order chi connectivity index (χ0) is 12.7. The molecule has 3 heteroatoms. The molecule has 0 saturated carbocycles. The van der Waals surface area contributed by atoms with Crippen molar-refractivity contribution in [3.8, 4) is 11.8 Å². The first kappa shape index (κ1) is 13.7. The van der Waals surface area contributed by atoms with E-state index in [-0.39, 0.29) is 12.6 Å². The van der Waals surface area contributed by atoms with Crippen molar-refractivity contribution >= 4 is 0 Å². The summed E-state index contributed by atoms with van der Waals surface area (Å²) < 4.78 is 0. The quantitative estimate of drug-likeness (QED) is 0.755. The highest BCUT2D eigenvalue weighted by molar-refractivity contribution is 5.36. The summed E-state index contributed by atoms with van der Waals surface area (Å²) in [6.45, 7) is 3.39. The maximum atomic E-state index is 9.05. The Morgan fingerprint density at radius 1 is 1.35 bits per heavy atom. The van der Waals surface area contributed by atoms with Gasteiger partial charge in [-0.1, -0.05) is 24.0 Å². The lowest BCUT2D eigenvalue weighted by Gasteiger charge is -2.22. The van der Waals surface area contributed by atoms with Crippen LogP contribution in [0.25, 0.3) is 0 Å². The van der Waals surface area contributed by atoms with Gasteiger partial charge in [0.2, 0.25) is 0 Å². The fourth-order valence-corrected chi connectivity index (χ4v) is 1.43. The fourth-order valence-electron chi connectivity index (χ4n) is 1.43. The molecule has 0 spiro atoms. The molecule has 0 bridgehead atoms. The van der Waals surface area contributed by atoms with E-state index in [1.807, 2.05) is 26.1 Å². The van der Waals surface area contributed by atoms with Crippen molar-refractivity contribution in [2.75, 3.05) is 20.2 Å². The summed E-state index contributed by atoms with van der Waals surface area (Å²) in [5.41, 5.74) is 7.51. The first-order chi connectivity index (χ1) is 8.17. The number of nitrogens with two attached hydrogens (primary N) is 1. The minimum atomic E-state index is 0.173. The second-order valence-electron chi connectivity index (χ2n) is 4.15. The lowest BCUT2D eigenvalue weighted by Crippen LogP contribution is -2.31. The van der Waals surface area contributed by atoms with Gasteiger partial charge < -0.3 is 10.8 Å². The fraction of sp³-hybridized carbons (Fsp3) is 0.429. The van der Waals surface area contributed by atoms with Crippen molar-refractivity contribution in [2.45, 2.75) is 19.5 Å². The molecule has 0 amide bonds. The minimum absolute atomic E-state index is 0.173. The molecule has 3 nitrogen and oxygen atoms in total. The molecule has 0 aliphatic rings. The van der Waals surface area contributed by atoms with Crippen LogP contribution in [0.5, 0.6) is 0 Å². The number of nitrogens with zero attached hydrogens (tertiary/aromatic N) is 1. The molecule has 1 atom stereocenters. The molecule has 92 valence electrons. The van der Waals surface area contributed by atoms with Gasteiger partial charge in [-0.2, -0.15) is 0 Å². The first-order valence-electron chi connectivity index (χ1n) is 5.76. The molecule has 0 aromatic heterocycles. The highest BCUT2D eigenvalue weighted by Gasteiger charge is 2.07. The van der Waals surface area contributed by atoms with Gasteiger partial charge in [0.1, 0.15) is 0 Å². The standard InChI is InChI=1S/C14H20N2O/c1-12(11-17)16(2)10-14-7-5-13(6-8-14)4-3-9-15/h5-8,12,17H,9-11,15H2,1-2H3. The normalized spacial score (nSPS) is 12.1. The van der Waals surface area contributed by atoms with E-state index in [9.17, 15) is 0 Å². The van der Waals surface area contributed by atoms with Gasteiger partial charge in [-0.3, -0.25) is 4.90 Å². The molecular formula is C14H20N2O. The Morgan fingerprint density at radius 2 is 2.00 bits per heavy atom. The lowest BCUT2D eigenvalue weighted by atomic mass is 10.1. The minimum Gasteiger partial charge on any atom is -0.395 e. The van der Waals surface area contributed by atoms with Gasteiger partial charge in [-0.05, 0) is 31.7 Å². The summed E-state index contributed by atoms with van der Waals surface area (Å²) in [5.74, 6) is 5.82. The predicted octanol–water partition coefficient (Wildman–Crippen LogP) is 0.809. The van der Waals surface area contributed by atoms with Crippen LogP contribution in [0.1, 0.15) is 18.1 Å². The Morgan fingerprint density at radius 3 is 2.53 bits per heavy atom. The van der Waals surface area contributed by atoms with Crippen LogP contribution in [0, 0.1) is 11.8 Å². The molecule has 1 aromatic carbocycles. The Hall–Kier alpha value is -1.34. The highest BCUT2D eigenvalue weighted by atomic mass is 16.3. The van der Waals surface area contributed by atoms with E-state index in [1.165, 1.54) is 5.56 Å². The van der Waals surface area contributed by atoms with E-state index in [1.54, 1.807) is 0 Å². The Bertz CT molecular complexity index is 389. The van der Waals surface area contributed by atoms with Gasteiger partial charge in [-0.15, -0.1) is 0 Å². The molecule has 0 saturated heterocycles. The van der Waals surface area contributed by atoms with E-state index >= 15 is 0 Å². The van der Waals surface area contributed by atoms with Gasteiger partial charge in [0.25, 0.3) is 0 Å². The zero-order valence-electron chi connectivity index (χ0n) is 10.5. The van der Waals surface area contributed by atoms with Crippen LogP contribution in [0.2, 0.25) is 0 Å². The third kappa shape index (κ3) is 4.58. The smallest absolute Gasteiger partial charge is 0.0584 e. The monoisotopic (exact) mass is 232 g/mol. The first-order valence-corrected chi connectivity index (χ1v) is 5.76. The molecule has 3 N–H and O–H groups in total. The van der Waals surface area contributed by atoms with Gasteiger partial charge in [-0.25, -0.2) is 0 Å². The number of hydrogen-bond acceptors (Lipinski definition) is 3. The van der Waals surface area contributed by atoms with E-state index < -0.39 is 0 Å². The van der Waals surface area contributed by atoms with Crippen molar-refractivity contribution in [1.82, 2.24) is 4.90 Å². The Balaban J connectivity index is 2.62. The molecule has 0 fully saturated rings. The van der Waals surface area contributed by atoms with Crippen LogP contribution < -0.4 is 5.73 Å². The topological polar surface area (TPSA) is 49.5 Å². The number of aliphatic hydroxyl groups excluding tert-OH is 1. The summed E-state index contributed by atoms with van der Waals surface area (Å²) in [6, 6.07) is 8.28. The summed E-state index contributed by atoms with van der Waals surface area (Å²) >= 11 is 0. The van der Waals surface area contributed by atoms with Crippen LogP contribution >= 0.6 is 0 Å². The molecule has 1 aromatic rings. The number of aliphatic hydroxyl groups is 1. The average Bonchev–Trinajstić information content (AvgIpc) is 2.37. The van der Waals surface area contributed by atoms with Crippen molar-refractivity contribution in [3.63, 3.8) is 0 Å². The summed E-state index contributed by atoms with van der Waals surface area (Å²) in [4.78, 5) is 2.11. The van der Waals surface area contributed by atoms with Crippen molar-refractivity contribution in [2.24, 2.45) is 5.73 Å². The van der Waals surface area contributed by atoms with Gasteiger partial charge in [0.15, 0.2) is 0 Å². The summed E-state index contributed by atoms with van der Waals surface area (Å²) in [7, 11) is 2.00. The maximum Gasteiger partial charge on any atom is 0.0584 e. The molecule has 0 radical (unpaired) electrons. The SMILES string of the molecule is CC(CO)N(C)Cc1ccc(C#CCN)cc1.